The molecule has 1 saturated heterocycles. The maximum absolute atomic E-state index is 4.28. The second-order valence-electron chi connectivity index (χ2n) is 6.34. The van der Waals surface area contributed by atoms with Gasteiger partial charge < -0.3 is 9.88 Å². The average molecular weight is 330 g/mol. The van der Waals surface area contributed by atoms with Crippen LogP contribution in [0.1, 0.15) is 42.6 Å². The highest BCUT2D eigenvalue weighted by Gasteiger charge is 2.08. The van der Waals surface area contributed by atoms with Gasteiger partial charge in [-0.05, 0) is 37.1 Å². The van der Waals surface area contributed by atoms with Crippen LogP contribution in [0.4, 0.5) is 0 Å². The Hall–Kier alpha value is -1.26. The molecule has 4 heteroatoms. The predicted molar refractivity (Wildman–Crippen MR) is 98.9 cm³/mol. The predicted octanol–water partition coefficient (Wildman–Crippen LogP) is 4.11. The lowest BCUT2D eigenvalue weighted by Gasteiger charge is -2.19. The summed E-state index contributed by atoms with van der Waals surface area (Å²) in [6.45, 7) is 3.87. The van der Waals surface area contributed by atoms with Crippen LogP contribution in [0.2, 0.25) is 0 Å². The highest BCUT2D eigenvalue weighted by atomic mass is 32.2. The van der Waals surface area contributed by atoms with E-state index in [4.69, 9.17) is 0 Å². The van der Waals surface area contributed by atoms with Crippen LogP contribution in [0, 0.1) is 0 Å². The molecular formula is C19H27N3S. The fourth-order valence-corrected chi connectivity index (χ4v) is 4.04. The van der Waals surface area contributed by atoms with Crippen LogP contribution in [0.5, 0.6) is 0 Å². The van der Waals surface area contributed by atoms with E-state index in [1.165, 1.54) is 62.2 Å². The van der Waals surface area contributed by atoms with Crippen molar-refractivity contribution in [2.24, 2.45) is 0 Å². The second-order valence-corrected chi connectivity index (χ2v) is 7.44. The first kappa shape index (κ1) is 16.6. The Morgan fingerprint density at radius 3 is 2.43 bits per heavy atom. The molecule has 124 valence electrons. The number of imidazole rings is 1. The lowest BCUT2D eigenvalue weighted by Crippen LogP contribution is -2.27. The highest BCUT2D eigenvalue weighted by molar-refractivity contribution is 7.98. The zero-order chi connectivity index (χ0) is 15.7. The maximum Gasteiger partial charge on any atom is 0.110 e. The summed E-state index contributed by atoms with van der Waals surface area (Å²) >= 11 is 2.06. The van der Waals surface area contributed by atoms with Gasteiger partial charge in [0.1, 0.15) is 5.82 Å². The van der Waals surface area contributed by atoms with Crippen molar-refractivity contribution in [3.8, 4) is 0 Å². The van der Waals surface area contributed by atoms with Gasteiger partial charge in [-0.1, -0.05) is 37.1 Å². The minimum atomic E-state index is 0.884. The van der Waals surface area contributed by atoms with Crippen LogP contribution in [-0.2, 0) is 12.2 Å². The fraction of sp³-hybridized carbons (Fsp3) is 0.526. The van der Waals surface area contributed by atoms with Crippen molar-refractivity contribution < 1.29 is 0 Å². The third-order valence-electron chi connectivity index (χ3n) is 4.47. The monoisotopic (exact) mass is 329 g/mol. The van der Waals surface area contributed by atoms with Gasteiger partial charge in [0.15, 0.2) is 0 Å². The summed E-state index contributed by atoms with van der Waals surface area (Å²) in [6, 6.07) is 8.98. The Bertz CT molecular complexity index is 543. The quantitative estimate of drug-likeness (QED) is 0.776. The van der Waals surface area contributed by atoms with Crippen molar-refractivity contribution >= 4 is 11.8 Å². The number of aromatic amines is 1. The largest absolute Gasteiger partial charge is 0.348 e. The van der Waals surface area contributed by atoms with Gasteiger partial charge in [-0.3, -0.25) is 0 Å². The zero-order valence-electron chi connectivity index (χ0n) is 13.8. The number of rotatable bonds is 7. The number of nitrogens with zero attached hydrogens (tertiary/aromatic N) is 2. The number of hydrogen-bond donors (Lipinski definition) is 1. The number of hydrogen-bond acceptors (Lipinski definition) is 3. The third-order valence-corrected chi connectivity index (χ3v) is 5.48. The van der Waals surface area contributed by atoms with Gasteiger partial charge in [0.25, 0.3) is 0 Å². The topological polar surface area (TPSA) is 31.9 Å². The van der Waals surface area contributed by atoms with E-state index < -0.39 is 0 Å². The van der Waals surface area contributed by atoms with Gasteiger partial charge >= 0.3 is 0 Å². The number of nitrogens with one attached hydrogen (secondary N) is 1. The van der Waals surface area contributed by atoms with Gasteiger partial charge in [-0.2, -0.15) is 11.8 Å². The Balaban J connectivity index is 1.36. The van der Waals surface area contributed by atoms with Crippen molar-refractivity contribution in [3.63, 3.8) is 0 Å². The summed E-state index contributed by atoms with van der Waals surface area (Å²) in [5.41, 5.74) is 2.74. The van der Waals surface area contributed by atoms with Crippen LogP contribution < -0.4 is 0 Å². The smallest absolute Gasteiger partial charge is 0.110 e. The molecule has 0 aliphatic carbocycles. The summed E-state index contributed by atoms with van der Waals surface area (Å²) in [7, 11) is 0. The van der Waals surface area contributed by atoms with Gasteiger partial charge in [-0.25, -0.2) is 4.98 Å². The molecule has 0 saturated carbocycles. The lowest BCUT2D eigenvalue weighted by molar-refractivity contribution is 0.303. The van der Waals surface area contributed by atoms with E-state index >= 15 is 0 Å². The van der Waals surface area contributed by atoms with Gasteiger partial charge in [0, 0.05) is 36.9 Å². The third kappa shape index (κ3) is 5.70. The van der Waals surface area contributed by atoms with Crippen LogP contribution in [0.3, 0.4) is 0 Å². The summed E-state index contributed by atoms with van der Waals surface area (Å²) in [5, 5.41) is 0. The molecule has 0 radical (unpaired) electrons. The summed E-state index contributed by atoms with van der Waals surface area (Å²) in [5.74, 6) is 3.40. The summed E-state index contributed by atoms with van der Waals surface area (Å²) in [6.07, 6.45) is 10.2. The molecule has 2 aromatic rings. The van der Waals surface area contributed by atoms with Crippen molar-refractivity contribution in [1.29, 1.82) is 0 Å². The van der Waals surface area contributed by atoms with Crippen LogP contribution >= 0.6 is 11.8 Å². The number of benzene rings is 1. The molecule has 0 spiro atoms. The van der Waals surface area contributed by atoms with Crippen LogP contribution in [0.25, 0.3) is 0 Å². The van der Waals surface area contributed by atoms with E-state index in [1.54, 1.807) is 0 Å². The van der Waals surface area contributed by atoms with E-state index in [1.807, 2.05) is 12.4 Å². The Labute approximate surface area is 143 Å². The van der Waals surface area contributed by atoms with E-state index in [2.05, 4.69) is 50.9 Å². The summed E-state index contributed by atoms with van der Waals surface area (Å²) in [4.78, 5) is 10.1. The highest BCUT2D eigenvalue weighted by Crippen LogP contribution is 2.16. The Morgan fingerprint density at radius 1 is 1.00 bits per heavy atom. The minimum absolute atomic E-state index is 0.884. The molecule has 0 atom stereocenters. The molecular weight excluding hydrogens is 302 g/mol. The molecule has 0 bridgehead atoms. The van der Waals surface area contributed by atoms with Crippen molar-refractivity contribution in [2.45, 2.75) is 37.9 Å². The van der Waals surface area contributed by atoms with E-state index in [0.29, 0.717) is 0 Å². The number of H-pyrrole nitrogens is 1. The Kier molecular flexibility index (Phi) is 6.59. The molecule has 1 fully saturated rings. The first-order valence-corrected chi connectivity index (χ1v) is 9.92. The molecule has 1 N–H and O–H groups in total. The minimum Gasteiger partial charge on any atom is -0.348 e. The second kappa shape index (κ2) is 9.14. The van der Waals surface area contributed by atoms with E-state index in [0.717, 1.165) is 18.0 Å². The number of likely N-dealkylation sites (tertiary alicyclic amines) is 1. The molecule has 1 aromatic heterocycles. The SMILES string of the molecule is c1c[nH]c(Cc2ccc(CSCCN3CCCCCC3)cc2)n1. The van der Waals surface area contributed by atoms with Gasteiger partial charge in [-0.15, -0.1) is 0 Å². The summed E-state index contributed by atoms with van der Waals surface area (Å²) < 4.78 is 0. The van der Waals surface area contributed by atoms with Crippen LogP contribution in [-0.4, -0.2) is 40.3 Å². The normalized spacial score (nSPS) is 16.3. The molecule has 2 heterocycles. The van der Waals surface area contributed by atoms with Crippen molar-refractivity contribution in [2.75, 3.05) is 25.4 Å². The molecule has 0 amide bonds. The Morgan fingerprint density at radius 2 is 1.74 bits per heavy atom. The lowest BCUT2D eigenvalue weighted by atomic mass is 10.1. The fourth-order valence-electron chi connectivity index (χ4n) is 3.08. The standard InChI is InChI=1S/C19H27N3S/c1-2-4-12-22(11-3-1)13-14-23-16-18-7-5-17(6-8-18)15-19-20-9-10-21-19/h5-10H,1-4,11-16H2,(H,20,21). The zero-order valence-corrected chi connectivity index (χ0v) is 14.7. The molecule has 0 unspecified atom stereocenters. The van der Waals surface area contributed by atoms with Crippen molar-refractivity contribution in [1.82, 2.24) is 14.9 Å². The van der Waals surface area contributed by atoms with Gasteiger partial charge in [0.05, 0.1) is 0 Å². The number of aromatic nitrogens is 2. The average Bonchev–Trinajstić information content (AvgIpc) is 2.94. The molecule has 1 aromatic carbocycles. The first-order valence-electron chi connectivity index (χ1n) is 8.76. The maximum atomic E-state index is 4.28. The van der Waals surface area contributed by atoms with E-state index in [9.17, 15) is 0 Å². The first-order chi connectivity index (χ1) is 11.4. The molecule has 23 heavy (non-hydrogen) atoms. The van der Waals surface area contributed by atoms with Crippen LogP contribution in [0.15, 0.2) is 36.7 Å². The molecule has 3 nitrogen and oxygen atoms in total. The molecule has 1 aliphatic heterocycles. The van der Waals surface area contributed by atoms with E-state index in [-0.39, 0.29) is 0 Å². The molecule has 1 aliphatic rings. The molecule has 3 rings (SSSR count). The van der Waals surface area contributed by atoms with Gasteiger partial charge in [0.2, 0.25) is 0 Å². The number of thioether (sulfide) groups is 1. The van der Waals surface area contributed by atoms with Crippen molar-refractivity contribution in [3.05, 3.63) is 53.6 Å².